The SMILES string of the molecule is OC(Nc1cncc(-c2ccc3[nH]nc(-c4nc5c(-c6ccc(F)s6)ccnc5[nH]4)c3c2F)c1)C1CCC1. The fourth-order valence-electron chi connectivity index (χ4n) is 4.86. The number of fused-ring (bicyclic) bond motifs is 2. The fourth-order valence-corrected chi connectivity index (χ4v) is 5.61. The van der Waals surface area contributed by atoms with Crippen molar-refractivity contribution in [2.75, 3.05) is 5.32 Å². The van der Waals surface area contributed by atoms with E-state index in [1.807, 2.05) is 0 Å². The summed E-state index contributed by atoms with van der Waals surface area (Å²) in [6.07, 6.45) is 7.25. The molecule has 1 aromatic carbocycles. The molecule has 1 aliphatic carbocycles. The van der Waals surface area contributed by atoms with E-state index < -0.39 is 12.0 Å². The van der Waals surface area contributed by atoms with Gasteiger partial charge in [-0.1, -0.05) is 6.42 Å². The third-order valence-electron chi connectivity index (χ3n) is 7.07. The molecule has 6 aromatic rings. The van der Waals surface area contributed by atoms with Crippen LogP contribution in [-0.4, -0.2) is 41.5 Å². The Morgan fingerprint density at radius 3 is 2.76 bits per heavy atom. The van der Waals surface area contributed by atoms with E-state index in [0.717, 1.165) is 41.0 Å². The second-order valence-corrected chi connectivity index (χ2v) is 10.4. The van der Waals surface area contributed by atoms with Crippen LogP contribution < -0.4 is 5.32 Å². The lowest BCUT2D eigenvalue weighted by molar-refractivity contribution is 0.0851. The van der Waals surface area contributed by atoms with Gasteiger partial charge in [-0.3, -0.25) is 10.1 Å². The molecule has 0 amide bonds. The van der Waals surface area contributed by atoms with E-state index in [2.05, 4.69) is 35.5 Å². The van der Waals surface area contributed by atoms with Gasteiger partial charge in [0.2, 0.25) is 0 Å². The van der Waals surface area contributed by atoms with Crippen molar-refractivity contribution < 1.29 is 13.9 Å². The number of rotatable bonds is 6. The third-order valence-corrected chi connectivity index (χ3v) is 7.98. The molecule has 0 bridgehead atoms. The van der Waals surface area contributed by atoms with Crippen LogP contribution in [0.5, 0.6) is 0 Å². The molecule has 1 atom stereocenters. The molecule has 4 N–H and O–H groups in total. The van der Waals surface area contributed by atoms with E-state index >= 15 is 4.39 Å². The number of hydrogen-bond donors (Lipinski definition) is 4. The molecule has 11 heteroatoms. The number of thiophene rings is 1. The summed E-state index contributed by atoms with van der Waals surface area (Å²) in [6, 6.07) is 10.1. The van der Waals surface area contributed by atoms with Crippen LogP contribution in [0.2, 0.25) is 0 Å². The van der Waals surface area contributed by atoms with Crippen LogP contribution in [0.4, 0.5) is 14.5 Å². The van der Waals surface area contributed by atoms with Crippen LogP contribution in [0.1, 0.15) is 19.3 Å². The number of nitrogens with one attached hydrogen (secondary N) is 3. The average Bonchev–Trinajstić information content (AvgIpc) is 3.61. The molecular formula is C27H21F2N7OS. The maximum absolute atomic E-state index is 16.1. The number of imidazole rings is 1. The first-order valence-electron chi connectivity index (χ1n) is 12.2. The van der Waals surface area contributed by atoms with E-state index in [-0.39, 0.29) is 16.4 Å². The van der Waals surface area contributed by atoms with Gasteiger partial charge < -0.3 is 15.4 Å². The van der Waals surface area contributed by atoms with Crippen LogP contribution >= 0.6 is 11.3 Å². The number of anilines is 1. The predicted molar refractivity (Wildman–Crippen MR) is 142 cm³/mol. The van der Waals surface area contributed by atoms with E-state index in [1.54, 1.807) is 48.9 Å². The maximum atomic E-state index is 16.1. The van der Waals surface area contributed by atoms with Crippen LogP contribution in [0.25, 0.3) is 55.2 Å². The van der Waals surface area contributed by atoms with E-state index in [4.69, 9.17) is 0 Å². The highest BCUT2D eigenvalue weighted by Crippen LogP contribution is 2.37. The average molecular weight is 530 g/mol. The highest BCUT2D eigenvalue weighted by atomic mass is 32.1. The van der Waals surface area contributed by atoms with Gasteiger partial charge in [0.1, 0.15) is 23.3 Å². The summed E-state index contributed by atoms with van der Waals surface area (Å²) in [5.41, 5.74) is 4.12. The molecular weight excluding hydrogens is 508 g/mol. The Morgan fingerprint density at radius 1 is 1.08 bits per heavy atom. The lowest BCUT2D eigenvalue weighted by Gasteiger charge is -2.31. The summed E-state index contributed by atoms with van der Waals surface area (Å²) in [4.78, 5) is 17.1. The van der Waals surface area contributed by atoms with Crippen molar-refractivity contribution >= 4 is 39.1 Å². The number of aliphatic hydroxyl groups excluding tert-OH is 1. The lowest BCUT2D eigenvalue weighted by atomic mass is 9.84. The second-order valence-electron chi connectivity index (χ2n) is 9.41. The predicted octanol–water partition coefficient (Wildman–Crippen LogP) is 6.10. The molecule has 190 valence electrons. The topological polar surface area (TPSA) is 115 Å². The zero-order chi connectivity index (χ0) is 25.8. The molecule has 0 aliphatic heterocycles. The highest BCUT2D eigenvalue weighted by molar-refractivity contribution is 7.14. The Labute approximate surface area is 218 Å². The minimum atomic E-state index is -0.661. The second kappa shape index (κ2) is 8.96. The number of hydrogen-bond acceptors (Lipinski definition) is 7. The van der Waals surface area contributed by atoms with Gasteiger partial charge in [0, 0.05) is 39.9 Å². The van der Waals surface area contributed by atoms with Crippen molar-refractivity contribution in [3.63, 3.8) is 0 Å². The number of pyridine rings is 2. The van der Waals surface area contributed by atoms with Gasteiger partial charge in [-0.2, -0.15) is 9.49 Å². The number of halogens is 2. The molecule has 7 rings (SSSR count). The summed E-state index contributed by atoms with van der Waals surface area (Å²) < 4.78 is 29.7. The number of aliphatic hydroxyl groups is 1. The number of nitrogens with zero attached hydrogens (tertiary/aromatic N) is 4. The van der Waals surface area contributed by atoms with Gasteiger partial charge in [-0.25, -0.2) is 14.4 Å². The van der Waals surface area contributed by atoms with Crippen molar-refractivity contribution in [3.05, 3.63) is 65.9 Å². The van der Waals surface area contributed by atoms with E-state index in [0.29, 0.717) is 45.0 Å². The Balaban J connectivity index is 1.29. The fraction of sp³-hybridized carbons (Fsp3) is 0.185. The molecule has 1 unspecified atom stereocenters. The van der Waals surface area contributed by atoms with Gasteiger partial charge in [0.15, 0.2) is 16.6 Å². The summed E-state index contributed by atoms with van der Waals surface area (Å²) in [5.74, 6) is 0.0908. The van der Waals surface area contributed by atoms with Gasteiger partial charge in [-0.05, 0) is 49.2 Å². The monoisotopic (exact) mass is 529 g/mol. The van der Waals surface area contributed by atoms with Gasteiger partial charge >= 0.3 is 0 Å². The van der Waals surface area contributed by atoms with Crippen LogP contribution in [0.15, 0.2) is 55.0 Å². The number of aromatic nitrogens is 6. The van der Waals surface area contributed by atoms with Crippen molar-refractivity contribution in [1.29, 1.82) is 0 Å². The molecule has 5 aromatic heterocycles. The minimum absolute atomic E-state index is 0.220. The molecule has 38 heavy (non-hydrogen) atoms. The Bertz CT molecular complexity index is 1810. The highest BCUT2D eigenvalue weighted by Gasteiger charge is 2.26. The van der Waals surface area contributed by atoms with Crippen LogP contribution in [-0.2, 0) is 0 Å². The molecule has 1 fully saturated rings. The van der Waals surface area contributed by atoms with E-state index in [9.17, 15) is 9.50 Å². The number of benzene rings is 1. The maximum Gasteiger partial charge on any atom is 0.176 e. The van der Waals surface area contributed by atoms with E-state index in [1.165, 1.54) is 6.07 Å². The number of aromatic amines is 2. The Hall–Kier alpha value is -4.22. The molecule has 0 saturated heterocycles. The van der Waals surface area contributed by atoms with Crippen molar-refractivity contribution in [1.82, 2.24) is 30.1 Å². The first-order valence-corrected chi connectivity index (χ1v) is 13.0. The molecule has 0 radical (unpaired) electrons. The third kappa shape index (κ3) is 3.82. The smallest absolute Gasteiger partial charge is 0.176 e. The standard InChI is InChI=1S/C27H21F2N7OS/c28-20-7-6-19(38-20)17-8-9-31-25-23(17)33-26(34-25)24-21-18(35-36-24)5-4-16(22(21)29)14-10-15(12-30-11-14)32-27(37)13-2-1-3-13/h4-13,27,32,37H,1-3H2,(H,35,36)(H,31,33,34). The Morgan fingerprint density at radius 2 is 1.97 bits per heavy atom. The minimum Gasteiger partial charge on any atom is -0.374 e. The zero-order valence-corrected chi connectivity index (χ0v) is 20.7. The summed E-state index contributed by atoms with van der Waals surface area (Å²) in [6.45, 7) is 0. The summed E-state index contributed by atoms with van der Waals surface area (Å²) in [5, 5.41) is 20.7. The van der Waals surface area contributed by atoms with Gasteiger partial charge in [-0.15, -0.1) is 11.3 Å². The van der Waals surface area contributed by atoms with Gasteiger partial charge in [0.05, 0.1) is 22.8 Å². The Kier molecular flexibility index (Phi) is 5.41. The van der Waals surface area contributed by atoms with Gasteiger partial charge in [0.25, 0.3) is 0 Å². The van der Waals surface area contributed by atoms with Crippen molar-refractivity contribution in [2.45, 2.75) is 25.5 Å². The summed E-state index contributed by atoms with van der Waals surface area (Å²) in [7, 11) is 0. The first-order chi connectivity index (χ1) is 18.5. The largest absolute Gasteiger partial charge is 0.374 e. The zero-order valence-electron chi connectivity index (χ0n) is 19.9. The molecule has 1 aliphatic rings. The number of H-pyrrole nitrogens is 2. The van der Waals surface area contributed by atoms with Crippen molar-refractivity contribution in [3.8, 4) is 33.1 Å². The quantitative estimate of drug-likeness (QED) is 0.194. The summed E-state index contributed by atoms with van der Waals surface area (Å²) >= 11 is 1.02. The van der Waals surface area contributed by atoms with Crippen molar-refractivity contribution in [2.24, 2.45) is 5.92 Å². The molecule has 8 nitrogen and oxygen atoms in total. The van der Waals surface area contributed by atoms with Crippen LogP contribution in [0.3, 0.4) is 0 Å². The lowest BCUT2D eigenvalue weighted by Crippen LogP contribution is -2.33. The molecule has 1 saturated carbocycles. The first kappa shape index (κ1) is 22.9. The molecule has 0 spiro atoms. The van der Waals surface area contributed by atoms with Crippen LogP contribution in [0, 0.1) is 16.9 Å². The normalized spacial score (nSPS) is 14.7. The molecule has 5 heterocycles.